The number of aliphatic carboxylic acids is 1. The third-order valence-electron chi connectivity index (χ3n) is 3.11. The van der Waals surface area contributed by atoms with Gasteiger partial charge in [0.15, 0.2) is 0 Å². The second kappa shape index (κ2) is 6.18. The molecule has 0 radical (unpaired) electrons. The van der Waals surface area contributed by atoms with Crippen LogP contribution in [-0.2, 0) is 14.3 Å². The van der Waals surface area contributed by atoms with Crippen molar-refractivity contribution in [3.63, 3.8) is 0 Å². The van der Waals surface area contributed by atoms with E-state index >= 15 is 0 Å². The summed E-state index contributed by atoms with van der Waals surface area (Å²) < 4.78 is 10.2. The maximum Gasteiger partial charge on any atom is 0.323 e. The number of carbonyl (C=O) groups is 1. The fourth-order valence-corrected chi connectivity index (χ4v) is 1.79. The van der Waals surface area contributed by atoms with E-state index in [2.05, 4.69) is 12.2 Å². The molecule has 1 fully saturated rings. The molecule has 1 aliphatic rings. The topological polar surface area (TPSA) is 67.8 Å². The highest BCUT2D eigenvalue weighted by Crippen LogP contribution is 2.28. The van der Waals surface area contributed by atoms with Crippen LogP contribution in [0.1, 0.15) is 19.8 Å². The number of ether oxygens (including phenoxy) is 2. The molecule has 0 aromatic carbocycles. The summed E-state index contributed by atoms with van der Waals surface area (Å²) in [6.45, 7) is 4.58. The van der Waals surface area contributed by atoms with E-state index in [0.717, 1.165) is 26.1 Å². The molecule has 1 atom stereocenters. The lowest BCUT2D eigenvalue weighted by Gasteiger charge is -2.34. The van der Waals surface area contributed by atoms with Crippen LogP contribution >= 0.6 is 0 Å². The largest absolute Gasteiger partial charge is 0.480 e. The van der Waals surface area contributed by atoms with Gasteiger partial charge in [-0.2, -0.15) is 0 Å². The molecule has 5 nitrogen and oxygen atoms in total. The van der Waals surface area contributed by atoms with Gasteiger partial charge in [0.1, 0.15) is 6.04 Å². The van der Waals surface area contributed by atoms with Gasteiger partial charge >= 0.3 is 5.97 Å². The van der Waals surface area contributed by atoms with Crippen molar-refractivity contribution in [3.05, 3.63) is 0 Å². The lowest BCUT2D eigenvalue weighted by molar-refractivity contribution is -0.141. The first-order chi connectivity index (χ1) is 7.57. The number of hydrogen-bond acceptors (Lipinski definition) is 4. The number of hydrogen-bond donors (Lipinski definition) is 2. The van der Waals surface area contributed by atoms with Crippen molar-refractivity contribution in [1.82, 2.24) is 5.32 Å². The van der Waals surface area contributed by atoms with E-state index in [4.69, 9.17) is 14.6 Å². The number of carboxylic acids is 1. The summed E-state index contributed by atoms with van der Waals surface area (Å²) in [4.78, 5) is 10.9. The second-order valence-electron chi connectivity index (χ2n) is 4.65. The highest BCUT2D eigenvalue weighted by Gasteiger charge is 2.29. The summed E-state index contributed by atoms with van der Waals surface area (Å²) in [5.41, 5.74) is 0.139. The molecule has 1 saturated heterocycles. The Kier molecular flexibility index (Phi) is 5.18. The number of carboxylic acid groups (broad SMARTS) is 1. The average Bonchev–Trinajstić information content (AvgIpc) is 2.25. The Morgan fingerprint density at radius 3 is 2.69 bits per heavy atom. The van der Waals surface area contributed by atoms with Crippen molar-refractivity contribution in [1.29, 1.82) is 0 Å². The van der Waals surface area contributed by atoms with Crippen LogP contribution in [0.25, 0.3) is 0 Å². The van der Waals surface area contributed by atoms with Gasteiger partial charge in [0, 0.05) is 26.9 Å². The molecular weight excluding hydrogens is 210 g/mol. The van der Waals surface area contributed by atoms with Crippen LogP contribution in [0.4, 0.5) is 0 Å². The van der Waals surface area contributed by atoms with Gasteiger partial charge in [-0.1, -0.05) is 6.92 Å². The molecule has 0 aliphatic carbocycles. The second-order valence-corrected chi connectivity index (χ2v) is 4.65. The summed E-state index contributed by atoms with van der Waals surface area (Å²) in [7, 11) is 1.51. The third-order valence-corrected chi connectivity index (χ3v) is 3.11. The number of methoxy groups -OCH3 is 1. The van der Waals surface area contributed by atoms with E-state index in [1.54, 1.807) is 0 Å². The van der Waals surface area contributed by atoms with Crippen LogP contribution < -0.4 is 5.32 Å². The van der Waals surface area contributed by atoms with Gasteiger partial charge in [0.2, 0.25) is 0 Å². The maximum absolute atomic E-state index is 10.9. The van der Waals surface area contributed by atoms with E-state index in [1.807, 2.05) is 0 Å². The highest BCUT2D eigenvalue weighted by molar-refractivity contribution is 5.73. The molecule has 0 saturated carbocycles. The van der Waals surface area contributed by atoms with E-state index in [-0.39, 0.29) is 12.0 Å². The molecule has 0 aromatic rings. The predicted octanol–water partition coefficient (Wildman–Crippen LogP) is 0.492. The van der Waals surface area contributed by atoms with Gasteiger partial charge in [-0.25, -0.2) is 0 Å². The Hall–Kier alpha value is -0.650. The minimum absolute atomic E-state index is 0.139. The first-order valence-electron chi connectivity index (χ1n) is 5.60. The van der Waals surface area contributed by atoms with Crippen molar-refractivity contribution in [2.75, 3.05) is 33.5 Å². The first kappa shape index (κ1) is 13.4. The standard InChI is InChI=1S/C11H21NO4/c1-11(3-5-16-6-4-11)8-12-9(7-15-2)10(13)14/h9,12H,3-8H2,1-2H3,(H,13,14). The van der Waals surface area contributed by atoms with Crippen LogP contribution in [0.3, 0.4) is 0 Å². The Balaban J connectivity index is 2.37. The zero-order chi connectivity index (χ0) is 12.0. The van der Waals surface area contributed by atoms with Crippen LogP contribution in [0.5, 0.6) is 0 Å². The molecule has 5 heteroatoms. The molecule has 1 aliphatic heterocycles. The van der Waals surface area contributed by atoms with E-state index in [9.17, 15) is 4.79 Å². The zero-order valence-electron chi connectivity index (χ0n) is 9.99. The molecule has 2 N–H and O–H groups in total. The average molecular weight is 231 g/mol. The molecule has 0 spiro atoms. The van der Waals surface area contributed by atoms with Crippen LogP contribution in [-0.4, -0.2) is 50.6 Å². The van der Waals surface area contributed by atoms with Crippen molar-refractivity contribution < 1.29 is 19.4 Å². The first-order valence-corrected chi connectivity index (χ1v) is 5.60. The molecule has 94 valence electrons. The van der Waals surface area contributed by atoms with E-state index in [1.165, 1.54) is 7.11 Å². The lowest BCUT2D eigenvalue weighted by atomic mass is 9.82. The van der Waals surface area contributed by atoms with Crippen LogP contribution in [0, 0.1) is 5.41 Å². The predicted molar refractivity (Wildman–Crippen MR) is 59.5 cm³/mol. The molecule has 0 aromatic heterocycles. The van der Waals surface area contributed by atoms with E-state index in [0.29, 0.717) is 6.54 Å². The number of rotatable bonds is 6. The molecule has 1 heterocycles. The minimum atomic E-state index is -0.863. The Labute approximate surface area is 96.1 Å². The zero-order valence-corrected chi connectivity index (χ0v) is 9.99. The Morgan fingerprint density at radius 2 is 2.19 bits per heavy atom. The lowest BCUT2D eigenvalue weighted by Crippen LogP contribution is -2.46. The van der Waals surface area contributed by atoms with Crippen LogP contribution in [0.2, 0.25) is 0 Å². The summed E-state index contributed by atoms with van der Waals surface area (Å²) in [5, 5.41) is 12.0. The summed E-state index contributed by atoms with van der Waals surface area (Å²) in [6.07, 6.45) is 1.94. The summed E-state index contributed by atoms with van der Waals surface area (Å²) >= 11 is 0. The maximum atomic E-state index is 10.9. The molecule has 16 heavy (non-hydrogen) atoms. The minimum Gasteiger partial charge on any atom is -0.480 e. The Morgan fingerprint density at radius 1 is 1.56 bits per heavy atom. The Bertz CT molecular complexity index is 226. The van der Waals surface area contributed by atoms with Gasteiger partial charge in [-0.05, 0) is 18.3 Å². The smallest absolute Gasteiger partial charge is 0.323 e. The van der Waals surface area contributed by atoms with Gasteiger partial charge < -0.3 is 19.9 Å². The van der Waals surface area contributed by atoms with Crippen molar-refractivity contribution >= 4 is 5.97 Å². The quantitative estimate of drug-likeness (QED) is 0.696. The van der Waals surface area contributed by atoms with Crippen molar-refractivity contribution in [3.8, 4) is 0 Å². The van der Waals surface area contributed by atoms with E-state index < -0.39 is 12.0 Å². The van der Waals surface area contributed by atoms with Gasteiger partial charge in [-0.3, -0.25) is 4.79 Å². The molecule has 1 rings (SSSR count). The number of nitrogens with one attached hydrogen (secondary N) is 1. The molecule has 0 bridgehead atoms. The fourth-order valence-electron chi connectivity index (χ4n) is 1.79. The van der Waals surface area contributed by atoms with Gasteiger partial charge in [-0.15, -0.1) is 0 Å². The fraction of sp³-hybridized carbons (Fsp3) is 0.909. The van der Waals surface area contributed by atoms with Crippen molar-refractivity contribution in [2.45, 2.75) is 25.8 Å². The highest BCUT2D eigenvalue weighted by atomic mass is 16.5. The molecular formula is C11H21NO4. The van der Waals surface area contributed by atoms with Crippen LogP contribution in [0.15, 0.2) is 0 Å². The third kappa shape index (κ3) is 4.08. The van der Waals surface area contributed by atoms with Crippen molar-refractivity contribution in [2.24, 2.45) is 5.41 Å². The van der Waals surface area contributed by atoms with Gasteiger partial charge in [0.05, 0.1) is 6.61 Å². The monoisotopic (exact) mass is 231 g/mol. The molecule has 0 amide bonds. The normalized spacial score (nSPS) is 21.6. The van der Waals surface area contributed by atoms with Gasteiger partial charge in [0.25, 0.3) is 0 Å². The SMILES string of the molecule is COCC(NCC1(C)CCOCC1)C(=O)O. The summed E-state index contributed by atoms with van der Waals surface area (Å²) in [6, 6.07) is -0.621. The summed E-state index contributed by atoms with van der Waals surface area (Å²) in [5.74, 6) is -0.863. The molecule has 1 unspecified atom stereocenters.